The summed E-state index contributed by atoms with van der Waals surface area (Å²) < 4.78 is 1.12. The number of thioether (sulfide) groups is 1. The van der Waals surface area contributed by atoms with Crippen molar-refractivity contribution in [2.24, 2.45) is 0 Å². The maximum Gasteiger partial charge on any atom is 0.149 e. The minimum absolute atomic E-state index is 0.687. The van der Waals surface area contributed by atoms with Crippen LogP contribution in [0, 0.1) is 0 Å². The van der Waals surface area contributed by atoms with E-state index in [2.05, 4.69) is 20.3 Å². The summed E-state index contributed by atoms with van der Waals surface area (Å²) in [5, 5.41) is 7.04. The van der Waals surface area contributed by atoms with Gasteiger partial charge in [0.15, 0.2) is 0 Å². The molecule has 1 N–H and O–H groups in total. The highest BCUT2D eigenvalue weighted by atomic mass is 35.5. The van der Waals surface area contributed by atoms with Crippen molar-refractivity contribution in [1.82, 2.24) is 15.0 Å². The molecule has 0 saturated carbocycles. The molecule has 1 aromatic carbocycles. The van der Waals surface area contributed by atoms with E-state index < -0.39 is 0 Å². The quantitative estimate of drug-likeness (QED) is 0.536. The van der Waals surface area contributed by atoms with Crippen LogP contribution in [-0.2, 0) is 0 Å². The van der Waals surface area contributed by atoms with Gasteiger partial charge in [-0.15, -0.1) is 11.3 Å². The average molecular weight is 337 g/mol. The maximum absolute atomic E-state index is 5.98. The first-order valence-electron chi connectivity index (χ1n) is 6.49. The fraction of sp³-hybridized carbons (Fsp3) is 0.214. The summed E-state index contributed by atoms with van der Waals surface area (Å²) in [6, 6.07) is 5.66. The Kier molecular flexibility index (Phi) is 4.90. The van der Waals surface area contributed by atoms with Gasteiger partial charge >= 0.3 is 0 Å². The van der Waals surface area contributed by atoms with Crippen LogP contribution < -0.4 is 5.32 Å². The predicted octanol–water partition coefficient (Wildman–Crippen LogP) is 4.33. The zero-order chi connectivity index (χ0) is 14.5. The Morgan fingerprint density at radius 3 is 3.05 bits per heavy atom. The van der Waals surface area contributed by atoms with Crippen molar-refractivity contribution in [3.05, 3.63) is 41.1 Å². The summed E-state index contributed by atoms with van der Waals surface area (Å²) in [6.07, 6.45) is 4.44. The molecule has 0 amide bonds. The predicted molar refractivity (Wildman–Crippen MR) is 90.5 cm³/mol. The lowest BCUT2D eigenvalue weighted by Gasteiger charge is -2.08. The van der Waals surface area contributed by atoms with Crippen molar-refractivity contribution in [1.29, 1.82) is 0 Å². The van der Waals surface area contributed by atoms with E-state index in [0.717, 1.165) is 39.8 Å². The summed E-state index contributed by atoms with van der Waals surface area (Å²) in [7, 11) is 0. The Hall–Kier alpha value is -1.37. The zero-order valence-corrected chi connectivity index (χ0v) is 13.5. The second-order valence-corrected chi connectivity index (χ2v) is 6.98. The van der Waals surface area contributed by atoms with Crippen molar-refractivity contribution < 1.29 is 0 Å². The maximum atomic E-state index is 5.98. The van der Waals surface area contributed by atoms with Gasteiger partial charge in [0.05, 0.1) is 5.52 Å². The Morgan fingerprint density at radius 1 is 1.24 bits per heavy atom. The summed E-state index contributed by atoms with van der Waals surface area (Å²) in [6.45, 7) is 0.868. The molecule has 0 atom stereocenters. The Morgan fingerprint density at radius 2 is 2.19 bits per heavy atom. The molecule has 108 valence electrons. The van der Waals surface area contributed by atoms with Gasteiger partial charge in [-0.05, 0) is 24.6 Å². The van der Waals surface area contributed by atoms with E-state index in [0.29, 0.717) is 5.02 Å². The van der Waals surface area contributed by atoms with E-state index in [1.54, 1.807) is 29.4 Å². The highest BCUT2D eigenvalue weighted by molar-refractivity contribution is 8.00. The third-order valence-corrected chi connectivity index (χ3v) is 5.13. The lowest BCUT2D eigenvalue weighted by atomic mass is 10.2. The molecular weight excluding hydrogens is 324 g/mol. The number of thiazole rings is 1. The number of anilines is 1. The average Bonchev–Trinajstić information content (AvgIpc) is 3.00. The van der Waals surface area contributed by atoms with Crippen LogP contribution in [0.3, 0.4) is 0 Å². The molecule has 7 heteroatoms. The Labute approximate surface area is 136 Å². The van der Waals surface area contributed by atoms with Crippen LogP contribution >= 0.6 is 34.7 Å². The third kappa shape index (κ3) is 3.84. The highest BCUT2D eigenvalue weighted by Gasteiger charge is 2.03. The highest BCUT2D eigenvalue weighted by Crippen LogP contribution is 2.23. The van der Waals surface area contributed by atoms with Gasteiger partial charge in [-0.2, -0.15) is 0 Å². The summed E-state index contributed by atoms with van der Waals surface area (Å²) in [4.78, 5) is 12.8. The van der Waals surface area contributed by atoms with Crippen molar-refractivity contribution in [3.8, 4) is 0 Å². The number of nitrogens with zero attached hydrogens (tertiary/aromatic N) is 3. The molecule has 3 rings (SSSR count). The van der Waals surface area contributed by atoms with Gasteiger partial charge in [-0.25, -0.2) is 15.0 Å². The molecule has 0 saturated heterocycles. The number of halogens is 1. The molecule has 4 nitrogen and oxygen atoms in total. The minimum atomic E-state index is 0.687. The molecule has 0 radical (unpaired) electrons. The first-order valence-corrected chi connectivity index (χ1v) is 8.74. The largest absolute Gasteiger partial charge is 0.369 e. The van der Waals surface area contributed by atoms with Crippen LogP contribution in [0.5, 0.6) is 0 Å². The minimum Gasteiger partial charge on any atom is -0.369 e. The normalized spacial score (nSPS) is 10.9. The molecule has 0 aliphatic carbocycles. The van der Waals surface area contributed by atoms with Gasteiger partial charge in [0.25, 0.3) is 0 Å². The van der Waals surface area contributed by atoms with Crippen LogP contribution in [0.1, 0.15) is 6.42 Å². The summed E-state index contributed by atoms with van der Waals surface area (Å²) in [5.74, 6) is 1.89. The van der Waals surface area contributed by atoms with E-state index >= 15 is 0 Å². The topological polar surface area (TPSA) is 50.7 Å². The lowest BCUT2D eigenvalue weighted by Crippen LogP contribution is -2.05. The van der Waals surface area contributed by atoms with Crippen molar-refractivity contribution in [2.75, 3.05) is 17.6 Å². The van der Waals surface area contributed by atoms with Crippen LogP contribution in [0.25, 0.3) is 10.9 Å². The standard InChI is InChI=1S/C14H13ClN4S2/c15-10-2-3-11-12(8-10)18-9-19-13(11)16-4-1-6-20-14-17-5-7-21-14/h2-3,5,7-9H,1,4,6H2,(H,16,18,19). The fourth-order valence-corrected chi connectivity index (χ4v) is 3.70. The second-order valence-electron chi connectivity index (χ2n) is 4.31. The Balaban J connectivity index is 1.55. The van der Waals surface area contributed by atoms with Crippen LogP contribution in [0.15, 0.2) is 40.4 Å². The number of hydrogen-bond donors (Lipinski definition) is 1. The van der Waals surface area contributed by atoms with Crippen LogP contribution in [-0.4, -0.2) is 27.2 Å². The molecular formula is C14H13ClN4S2. The van der Waals surface area contributed by atoms with E-state index in [1.165, 1.54) is 0 Å². The van der Waals surface area contributed by atoms with Crippen molar-refractivity contribution >= 4 is 51.4 Å². The SMILES string of the molecule is Clc1ccc2c(NCCCSc3nccs3)ncnc2c1. The molecule has 3 aromatic rings. The van der Waals surface area contributed by atoms with Gasteiger partial charge in [0.1, 0.15) is 16.5 Å². The summed E-state index contributed by atoms with van der Waals surface area (Å²) in [5.41, 5.74) is 0.858. The van der Waals surface area contributed by atoms with Gasteiger partial charge in [0, 0.05) is 34.3 Å². The molecule has 0 spiro atoms. The molecule has 2 aromatic heterocycles. The molecule has 0 unspecified atom stereocenters. The smallest absolute Gasteiger partial charge is 0.149 e. The van der Waals surface area contributed by atoms with E-state index in [4.69, 9.17) is 11.6 Å². The molecule has 2 heterocycles. The number of hydrogen-bond acceptors (Lipinski definition) is 6. The number of rotatable bonds is 6. The van der Waals surface area contributed by atoms with E-state index in [1.807, 2.05) is 29.8 Å². The molecule has 0 aliphatic heterocycles. The van der Waals surface area contributed by atoms with Gasteiger partial charge < -0.3 is 5.32 Å². The first kappa shape index (κ1) is 14.6. The third-order valence-electron chi connectivity index (χ3n) is 2.85. The Bertz CT molecular complexity index is 718. The van der Waals surface area contributed by atoms with Gasteiger partial charge in [-0.1, -0.05) is 23.4 Å². The summed E-state index contributed by atoms with van der Waals surface area (Å²) >= 11 is 9.44. The molecule has 0 bridgehead atoms. The fourth-order valence-electron chi connectivity index (χ4n) is 1.89. The zero-order valence-electron chi connectivity index (χ0n) is 11.1. The van der Waals surface area contributed by atoms with E-state index in [9.17, 15) is 0 Å². The van der Waals surface area contributed by atoms with Crippen LogP contribution in [0.4, 0.5) is 5.82 Å². The van der Waals surface area contributed by atoms with Gasteiger partial charge in [-0.3, -0.25) is 0 Å². The monoisotopic (exact) mass is 336 g/mol. The number of benzene rings is 1. The number of aromatic nitrogens is 3. The first-order chi connectivity index (χ1) is 10.3. The molecule has 21 heavy (non-hydrogen) atoms. The van der Waals surface area contributed by atoms with Gasteiger partial charge in [0.2, 0.25) is 0 Å². The van der Waals surface area contributed by atoms with Crippen molar-refractivity contribution in [2.45, 2.75) is 10.8 Å². The molecule has 0 aliphatic rings. The van der Waals surface area contributed by atoms with E-state index in [-0.39, 0.29) is 0 Å². The van der Waals surface area contributed by atoms with Crippen LogP contribution in [0.2, 0.25) is 5.02 Å². The lowest BCUT2D eigenvalue weighted by molar-refractivity contribution is 0.979. The number of fused-ring (bicyclic) bond motifs is 1. The molecule has 0 fully saturated rings. The second kappa shape index (κ2) is 7.06. The van der Waals surface area contributed by atoms with Crippen molar-refractivity contribution in [3.63, 3.8) is 0 Å². The number of nitrogens with one attached hydrogen (secondary N) is 1.